The Labute approximate surface area is 151 Å². The monoisotopic (exact) mass is 377 g/mol. The van der Waals surface area contributed by atoms with Crippen molar-refractivity contribution in [3.63, 3.8) is 0 Å². The van der Waals surface area contributed by atoms with Crippen LogP contribution in [0.1, 0.15) is 25.6 Å². The Balaban J connectivity index is 2.12. The Kier molecular flexibility index (Phi) is 4.56. The first-order chi connectivity index (χ1) is 11.9. The number of aryl methyl sites for hydroxylation is 1. The fourth-order valence-corrected chi connectivity index (χ4v) is 3.68. The third-order valence-electron chi connectivity index (χ3n) is 3.51. The topological polar surface area (TPSA) is 101 Å². The van der Waals surface area contributed by atoms with E-state index in [0.717, 1.165) is 11.3 Å². The number of carboxylic acids is 1. The summed E-state index contributed by atoms with van der Waals surface area (Å²) in [5.41, 5.74) is 1.33. The first kappa shape index (κ1) is 17.1. The number of hydrogen-bond donors (Lipinski definition) is 2. The molecule has 3 rings (SSSR count). The quantitative estimate of drug-likeness (QED) is 0.525. The van der Waals surface area contributed by atoms with Crippen LogP contribution in [0.15, 0.2) is 24.3 Å². The molecular weight excluding hydrogens is 366 g/mol. The minimum Gasteiger partial charge on any atom is -0.478 e. The number of nitrogens with one attached hydrogen (secondary N) is 1. The smallest absolute Gasteiger partial charge is 0.348 e. The van der Waals surface area contributed by atoms with E-state index < -0.39 is 11.9 Å². The zero-order valence-corrected chi connectivity index (χ0v) is 14.7. The fraction of sp³-hybridized carbons (Fsp3) is 0.125. The first-order valence-corrected chi connectivity index (χ1v) is 8.25. The minimum atomic E-state index is -1.03. The second kappa shape index (κ2) is 6.66. The second-order valence-electron chi connectivity index (χ2n) is 5.08. The highest BCUT2D eigenvalue weighted by Gasteiger charge is 2.21. The fourth-order valence-electron chi connectivity index (χ4n) is 2.36. The number of rotatable bonds is 4. The molecule has 128 valence electrons. The van der Waals surface area contributed by atoms with Gasteiger partial charge in [0, 0.05) is 5.69 Å². The number of benzene rings is 1. The number of hydrogen-bond acceptors (Lipinski definition) is 7. The molecule has 2 N–H and O–H groups in total. The molecule has 1 aromatic carbocycles. The molecule has 2 aromatic heterocycles. The number of aromatic nitrogens is 2. The molecule has 0 fully saturated rings. The predicted molar refractivity (Wildman–Crippen MR) is 95.2 cm³/mol. The highest BCUT2D eigenvalue weighted by Crippen LogP contribution is 2.36. The van der Waals surface area contributed by atoms with Crippen LogP contribution in [0.2, 0.25) is 5.28 Å². The standard InChI is InChI=1S/C16H12ClN3O4S/c1-7-10-12(18-9-5-3-4-8(6-9)14(21)22)19-16(17)20-13(10)25-11(7)15(23)24-2/h3-6H,1-2H3,(H,21,22)(H,18,19,20). The third kappa shape index (κ3) is 3.26. The number of esters is 1. The normalized spacial score (nSPS) is 10.7. The van der Waals surface area contributed by atoms with Crippen LogP contribution in [0, 0.1) is 6.92 Å². The summed E-state index contributed by atoms with van der Waals surface area (Å²) < 4.78 is 4.78. The summed E-state index contributed by atoms with van der Waals surface area (Å²) in [7, 11) is 1.31. The molecule has 0 unspecified atom stereocenters. The molecule has 0 aliphatic rings. The van der Waals surface area contributed by atoms with Crippen LogP contribution in [-0.2, 0) is 4.74 Å². The number of fused-ring (bicyclic) bond motifs is 1. The van der Waals surface area contributed by atoms with E-state index in [1.165, 1.54) is 19.2 Å². The van der Waals surface area contributed by atoms with Gasteiger partial charge in [0.2, 0.25) is 5.28 Å². The lowest BCUT2D eigenvalue weighted by Crippen LogP contribution is -2.01. The van der Waals surface area contributed by atoms with E-state index in [0.29, 0.717) is 32.2 Å². The molecule has 0 aliphatic carbocycles. The number of aromatic carboxylic acids is 1. The molecule has 2 heterocycles. The van der Waals surface area contributed by atoms with E-state index in [2.05, 4.69) is 15.3 Å². The highest BCUT2D eigenvalue weighted by molar-refractivity contribution is 7.20. The summed E-state index contributed by atoms with van der Waals surface area (Å²) in [4.78, 5) is 32.3. The van der Waals surface area contributed by atoms with Crippen LogP contribution < -0.4 is 5.32 Å². The van der Waals surface area contributed by atoms with Crippen LogP contribution in [0.5, 0.6) is 0 Å². The van der Waals surface area contributed by atoms with Gasteiger partial charge in [0.25, 0.3) is 0 Å². The van der Waals surface area contributed by atoms with Gasteiger partial charge in [0.05, 0.1) is 18.1 Å². The van der Waals surface area contributed by atoms with Crippen molar-refractivity contribution in [2.45, 2.75) is 6.92 Å². The number of carboxylic acid groups (broad SMARTS) is 1. The largest absolute Gasteiger partial charge is 0.478 e. The predicted octanol–water partition coefficient (Wildman–Crippen LogP) is 3.88. The van der Waals surface area contributed by atoms with E-state index in [1.54, 1.807) is 19.1 Å². The molecular formula is C16H12ClN3O4S. The number of thiophene rings is 1. The second-order valence-corrected chi connectivity index (χ2v) is 6.42. The van der Waals surface area contributed by atoms with E-state index in [1.807, 2.05) is 0 Å². The number of carbonyl (C=O) groups is 2. The van der Waals surface area contributed by atoms with Crippen LogP contribution in [0.25, 0.3) is 10.2 Å². The Morgan fingerprint density at radius 1 is 1.32 bits per heavy atom. The summed E-state index contributed by atoms with van der Waals surface area (Å²) in [6.45, 7) is 1.77. The maximum atomic E-state index is 11.9. The van der Waals surface area contributed by atoms with Crippen molar-refractivity contribution >= 4 is 56.6 Å². The average Bonchev–Trinajstić information content (AvgIpc) is 2.91. The van der Waals surface area contributed by atoms with Gasteiger partial charge in [0.15, 0.2) is 0 Å². The van der Waals surface area contributed by atoms with Crippen molar-refractivity contribution in [2.75, 3.05) is 12.4 Å². The molecule has 9 heteroatoms. The van der Waals surface area contributed by atoms with Crippen molar-refractivity contribution in [3.05, 3.63) is 45.6 Å². The number of nitrogens with zero attached hydrogens (tertiary/aromatic N) is 2. The van der Waals surface area contributed by atoms with Crippen molar-refractivity contribution in [1.82, 2.24) is 9.97 Å². The van der Waals surface area contributed by atoms with E-state index in [-0.39, 0.29) is 10.8 Å². The van der Waals surface area contributed by atoms with E-state index in [4.69, 9.17) is 21.4 Å². The van der Waals surface area contributed by atoms with Gasteiger partial charge >= 0.3 is 11.9 Å². The molecule has 0 radical (unpaired) electrons. The molecule has 0 atom stereocenters. The highest BCUT2D eigenvalue weighted by atomic mass is 35.5. The maximum Gasteiger partial charge on any atom is 0.348 e. The van der Waals surface area contributed by atoms with Crippen LogP contribution in [-0.4, -0.2) is 34.1 Å². The first-order valence-electron chi connectivity index (χ1n) is 7.06. The minimum absolute atomic E-state index is 0.0158. The number of anilines is 2. The van der Waals surface area contributed by atoms with E-state index in [9.17, 15) is 9.59 Å². The molecule has 3 aromatic rings. The lowest BCUT2D eigenvalue weighted by atomic mass is 10.2. The van der Waals surface area contributed by atoms with Gasteiger partial charge in [-0.15, -0.1) is 11.3 Å². The Morgan fingerprint density at radius 2 is 2.08 bits per heavy atom. The summed E-state index contributed by atoms with van der Waals surface area (Å²) in [5, 5.41) is 12.8. The van der Waals surface area contributed by atoms with Gasteiger partial charge in [0.1, 0.15) is 15.5 Å². The van der Waals surface area contributed by atoms with Crippen molar-refractivity contribution in [3.8, 4) is 0 Å². The Morgan fingerprint density at radius 3 is 2.76 bits per heavy atom. The van der Waals surface area contributed by atoms with Gasteiger partial charge in [-0.25, -0.2) is 14.6 Å². The van der Waals surface area contributed by atoms with Crippen molar-refractivity contribution in [2.24, 2.45) is 0 Å². The van der Waals surface area contributed by atoms with Crippen LogP contribution in [0.3, 0.4) is 0 Å². The lowest BCUT2D eigenvalue weighted by Gasteiger charge is -2.08. The van der Waals surface area contributed by atoms with Crippen molar-refractivity contribution in [1.29, 1.82) is 0 Å². The van der Waals surface area contributed by atoms with Gasteiger partial charge in [-0.3, -0.25) is 0 Å². The molecule has 0 bridgehead atoms. The zero-order valence-electron chi connectivity index (χ0n) is 13.2. The molecule has 0 amide bonds. The van der Waals surface area contributed by atoms with Gasteiger partial charge < -0.3 is 15.2 Å². The third-order valence-corrected chi connectivity index (χ3v) is 4.84. The summed E-state index contributed by atoms with van der Waals surface area (Å²) in [6.07, 6.45) is 0. The SMILES string of the molecule is COC(=O)c1sc2nc(Cl)nc(Nc3cccc(C(=O)O)c3)c2c1C. The van der Waals surface area contributed by atoms with Crippen LogP contribution >= 0.6 is 22.9 Å². The average molecular weight is 378 g/mol. The molecule has 0 aliphatic heterocycles. The Bertz CT molecular complexity index is 1000. The number of carbonyl (C=O) groups excluding carboxylic acids is 1. The molecule has 0 saturated carbocycles. The van der Waals surface area contributed by atoms with E-state index >= 15 is 0 Å². The summed E-state index contributed by atoms with van der Waals surface area (Å²) in [5.74, 6) is -1.11. The summed E-state index contributed by atoms with van der Waals surface area (Å²) in [6, 6.07) is 6.29. The number of methoxy groups -OCH3 is 1. The summed E-state index contributed by atoms with van der Waals surface area (Å²) >= 11 is 7.14. The number of halogens is 1. The number of ether oxygens (including phenoxy) is 1. The molecule has 0 spiro atoms. The van der Waals surface area contributed by atoms with Gasteiger partial charge in [-0.2, -0.15) is 4.98 Å². The Hall–Kier alpha value is -2.71. The van der Waals surface area contributed by atoms with Gasteiger partial charge in [-0.05, 0) is 42.3 Å². The van der Waals surface area contributed by atoms with Crippen molar-refractivity contribution < 1.29 is 19.4 Å². The molecule has 7 nitrogen and oxygen atoms in total. The molecule has 25 heavy (non-hydrogen) atoms. The lowest BCUT2D eigenvalue weighted by molar-refractivity contribution is 0.0604. The maximum absolute atomic E-state index is 11.9. The van der Waals surface area contributed by atoms with Gasteiger partial charge in [-0.1, -0.05) is 6.07 Å². The van der Waals surface area contributed by atoms with Crippen LogP contribution in [0.4, 0.5) is 11.5 Å². The molecule has 0 saturated heterocycles. The zero-order chi connectivity index (χ0) is 18.1.